The van der Waals surface area contributed by atoms with Crippen LogP contribution in [0.1, 0.15) is 13.8 Å². The van der Waals surface area contributed by atoms with E-state index in [1.54, 1.807) is 8.47 Å². The van der Waals surface area contributed by atoms with Gasteiger partial charge in [0.25, 0.3) is 0 Å². The first-order valence-corrected chi connectivity index (χ1v) is 13.8. The van der Waals surface area contributed by atoms with Crippen molar-refractivity contribution in [2.45, 2.75) is 24.3 Å². The largest absolute Gasteiger partial charge is 0.116 e. The third-order valence-corrected chi connectivity index (χ3v) is 14.6. The van der Waals surface area contributed by atoms with E-state index in [1.807, 2.05) is 57.8 Å². The lowest BCUT2D eigenvalue weighted by molar-refractivity contribution is 0.936. The van der Waals surface area contributed by atoms with Gasteiger partial charge < -0.3 is 0 Å². The molecule has 2 atom stereocenters. The summed E-state index contributed by atoms with van der Waals surface area (Å²) >= 11 is 11.9. The van der Waals surface area contributed by atoms with Crippen molar-refractivity contribution in [3.63, 3.8) is 0 Å². The van der Waals surface area contributed by atoms with E-state index in [0.29, 0.717) is 10.5 Å². The molecule has 0 aromatic rings. The second kappa shape index (κ2) is 8.22. The van der Waals surface area contributed by atoms with Crippen molar-refractivity contribution in [1.29, 1.82) is 0 Å². The van der Waals surface area contributed by atoms with Crippen molar-refractivity contribution < 1.29 is 0 Å². The molecule has 0 aliphatic carbocycles. The Bertz CT molecular complexity index is 456. The molecule has 0 amide bonds. The molecule has 0 radical (unpaired) electrons. The summed E-state index contributed by atoms with van der Waals surface area (Å²) in [4.78, 5) is 0. The average Bonchev–Trinajstić information content (AvgIpc) is 3.07. The van der Waals surface area contributed by atoms with E-state index in [0.717, 1.165) is 0 Å². The van der Waals surface area contributed by atoms with Crippen LogP contribution >= 0.6 is 92.2 Å². The summed E-state index contributed by atoms with van der Waals surface area (Å²) in [6, 6.07) is 0. The first-order valence-electron chi connectivity index (χ1n) is 6.14. The summed E-state index contributed by atoms with van der Waals surface area (Å²) in [6.07, 6.45) is 0. The predicted molar refractivity (Wildman–Crippen MR) is 113 cm³/mol. The second-order valence-electron chi connectivity index (χ2n) is 4.16. The van der Waals surface area contributed by atoms with Gasteiger partial charge in [0.15, 0.2) is 0 Å². The van der Waals surface area contributed by atoms with E-state index in [9.17, 15) is 0 Å². The summed E-state index contributed by atoms with van der Waals surface area (Å²) in [5.74, 6) is 2.48. The fourth-order valence-corrected chi connectivity index (χ4v) is 13.0. The highest BCUT2D eigenvalue weighted by Crippen LogP contribution is 2.62. The molecule has 0 saturated heterocycles. The number of rotatable bonds is 0. The third kappa shape index (κ3) is 4.30. The first kappa shape index (κ1) is 16.9. The van der Waals surface area contributed by atoms with Crippen LogP contribution in [0, 0.1) is 0 Å². The standard InChI is InChI=1S/C12H14S8/c1-7-8(2)20-16-6-5-15-10-12(17-7)19-11(18-10)9-13-3-4-14-9/h3-4,7-8H,5-6H2,1-2H3. The molecule has 110 valence electrons. The van der Waals surface area contributed by atoms with Crippen molar-refractivity contribution in [2.24, 2.45) is 0 Å². The Kier molecular flexibility index (Phi) is 6.93. The monoisotopic (exact) mass is 414 g/mol. The van der Waals surface area contributed by atoms with Gasteiger partial charge in [-0.1, -0.05) is 82.5 Å². The fraction of sp³-hybridized carbons (Fsp3) is 0.500. The Hall–Kier alpha value is 2.02. The van der Waals surface area contributed by atoms with Crippen molar-refractivity contribution >= 4 is 92.2 Å². The molecule has 0 fully saturated rings. The Morgan fingerprint density at radius 3 is 2.40 bits per heavy atom. The van der Waals surface area contributed by atoms with Gasteiger partial charge in [0.2, 0.25) is 0 Å². The van der Waals surface area contributed by atoms with Gasteiger partial charge in [0.1, 0.15) is 0 Å². The van der Waals surface area contributed by atoms with Gasteiger partial charge in [-0.3, -0.25) is 0 Å². The molecule has 8 heteroatoms. The van der Waals surface area contributed by atoms with Crippen molar-refractivity contribution in [1.82, 2.24) is 0 Å². The van der Waals surface area contributed by atoms with Crippen LogP contribution in [-0.2, 0) is 0 Å². The Balaban J connectivity index is 1.76. The molecule has 3 aliphatic rings. The van der Waals surface area contributed by atoms with Crippen LogP contribution in [0.5, 0.6) is 0 Å². The maximum absolute atomic E-state index is 2.37. The minimum absolute atomic E-state index is 0.677. The minimum atomic E-state index is 0.677. The number of hydrogen-bond donors (Lipinski definition) is 0. The van der Waals surface area contributed by atoms with E-state index < -0.39 is 0 Å². The fourth-order valence-electron chi connectivity index (χ4n) is 1.49. The van der Waals surface area contributed by atoms with Crippen LogP contribution < -0.4 is 0 Å². The van der Waals surface area contributed by atoms with E-state index in [4.69, 9.17) is 0 Å². The molecule has 3 aliphatic heterocycles. The maximum atomic E-state index is 2.37. The first-order chi connectivity index (χ1) is 9.74. The summed E-state index contributed by atoms with van der Waals surface area (Å²) in [5.41, 5.74) is 0. The smallest absolute Gasteiger partial charge is 0.0717 e. The molecule has 0 spiro atoms. The van der Waals surface area contributed by atoms with Gasteiger partial charge in [0.05, 0.1) is 16.9 Å². The van der Waals surface area contributed by atoms with Crippen molar-refractivity contribution in [3.05, 3.63) is 27.8 Å². The lowest BCUT2D eigenvalue weighted by atomic mass is 10.4. The zero-order valence-electron chi connectivity index (χ0n) is 11.0. The molecule has 0 saturated carbocycles. The molecule has 0 aromatic carbocycles. The molecule has 0 bridgehead atoms. The summed E-state index contributed by atoms with van der Waals surface area (Å²) in [7, 11) is 4.09. The highest BCUT2D eigenvalue weighted by atomic mass is 33.1. The molecule has 0 N–H and O–H groups in total. The van der Waals surface area contributed by atoms with Crippen molar-refractivity contribution in [2.75, 3.05) is 11.5 Å². The molecule has 0 aromatic heterocycles. The number of hydrogen-bond acceptors (Lipinski definition) is 8. The van der Waals surface area contributed by atoms with E-state index in [1.165, 1.54) is 20.0 Å². The molecular formula is C12H14S8. The van der Waals surface area contributed by atoms with Gasteiger partial charge in [-0.15, -0.1) is 23.5 Å². The van der Waals surface area contributed by atoms with Gasteiger partial charge >= 0.3 is 0 Å². The highest BCUT2D eigenvalue weighted by Gasteiger charge is 2.29. The second-order valence-corrected chi connectivity index (χ2v) is 14.4. The van der Waals surface area contributed by atoms with E-state index >= 15 is 0 Å². The summed E-state index contributed by atoms with van der Waals surface area (Å²) in [5, 5.41) is 5.77. The van der Waals surface area contributed by atoms with E-state index in [-0.39, 0.29) is 0 Å². The number of thioether (sulfide) groups is 6. The van der Waals surface area contributed by atoms with E-state index in [2.05, 4.69) is 59.0 Å². The lowest BCUT2D eigenvalue weighted by Crippen LogP contribution is -2.11. The molecule has 3 heterocycles. The average molecular weight is 415 g/mol. The van der Waals surface area contributed by atoms with Crippen LogP contribution in [0.25, 0.3) is 0 Å². The van der Waals surface area contributed by atoms with Crippen LogP contribution in [0.2, 0.25) is 0 Å². The molecular weight excluding hydrogens is 401 g/mol. The third-order valence-electron chi connectivity index (χ3n) is 2.68. The zero-order valence-corrected chi connectivity index (χ0v) is 17.5. The molecule has 20 heavy (non-hydrogen) atoms. The SMILES string of the molecule is CC1SSCCSC2=C(SC(=C3SC=CS3)S2)SC1C. The Morgan fingerprint density at radius 1 is 0.850 bits per heavy atom. The van der Waals surface area contributed by atoms with Crippen LogP contribution in [0.3, 0.4) is 0 Å². The molecule has 2 unspecified atom stereocenters. The Morgan fingerprint density at radius 2 is 1.60 bits per heavy atom. The minimum Gasteiger partial charge on any atom is -0.116 e. The predicted octanol–water partition coefficient (Wildman–Crippen LogP) is 7.31. The van der Waals surface area contributed by atoms with Gasteiger partial charge in [-0.05, 0) is 10.8 Å². The van der Waals surface area contributed by atoms with Gasteiger partial charge in [-0.2, -0.15) is 0 Å². The lowest BCUT2D eigenvalue weighted by Gasteiger charge is -2.20. The molecule has 0 nitrogen and oxygen atoms in total. The highest BCUT2D eigenvalue weighted by molar-refractivity contribution is 8.77. The normalized spacial score (nSPS) is 31.9. The van der Waals surface area contributed by atoms with Gasteiger partial charge in [-0.25, -0.2) is 0 Å². The topological polar surface area (TPSA) is 0 Å². The molecule has 3 rings (SSSR count). The maximum Gasteiger partial charge on any atom is 0.0717 e. The van der Waals surface area contributed by atoms with Crippen molar-refractivity contribution in [3.8, 4) is 0 Å². The van der Waals surface area contributed by atoms with Crippen LogP contribution in [0.4, 0.5) is 0 Å². The quantitative estimate of drug-likeness (QED) is 0.373. The summed E-state index contributed by atoms with van der Waals surface area (Å²) in [6.45, 7) is 4.74. The zero-order chi connectivity index (χ0) is 13.9. The van der Waals surface area contributed by atoms with Gasteiger partial charge in [0, 0.05) is 22.0 Å². The Labute approximate surface area is 154 Å². The van der Waals surface area contributed by atoms with Crippen LogP contribution in [0.15, 0.2) is 27.8 Å². The summed E-state index contributed by atoms with van der Waals surface area (Å²) < 4.78 is 6.05. The van der Waals surface area contributed by atoms with Crippen LogP contribution in [-0.4, -0.2) is 22.0 Å².